The van der Waals surface area contributed by atoms with Crippen molar-refractivity contribution in [2.45, 2.75) is 40.0 Å². The second kappa shape index (κ2) is 8.25. The number of hydrogen-bond donors (Lipinski definition) is 2. The molecule has 0 saturated carbocycles. The van der Waals surface area contributed by atoms with Gasteiger partial charge in [-0.05, 0) is 42.5 Å². The van der Waals surface area contributed by atoms with E-state index in [2.05, 4.69) is 29.5 Å². The van der Waals surface area contributed by atoms with Crippen molar-refractivity contribution in [3.05, 3.63) is 65.2 Å². The molecule has 0 saturated heterocycles. The standard InChI is InChI=1S/C22H26N4O2/c1-5-12-23-22(28)20-24-19(17-11-6-7-13-26(17)20)21(27)25-18-15(4)9-8-10-16(18)14(2)3/h6-11,13-14H,5,12H2,1-4H3,(H,23,28)(H,25,27). The van der Waals surface area contributed by atoms with Crippen LogP contribution in [0.25, 0.3) is 5.52 Å². The lowest BCUT2D eigenvalue weighted by Crippen LogP contribution is -2.26. The van der Waals surface area contributed by atoms with E-state index >= 15 is 0 Å². The van der Waals surface area contributed by atoms with E-state index in [1.807, 2.05) is 44.2 Å². The van der Waals surface area contributed by atoms with Gasteiger partial charge in [0.25, 0.3) is 11.8 Å². The van der Waals surface area contributed by atoms with Crippen LogP contribution in [0.15, 0.2) is 42.6 Å². The first-order valence-electron chi connectivity index (χ1n) is 9.60. The zero-order valence-corrected chi connectivity index (χ0v) is 16.7. The van der Waals surface area contributed by atoms with Crippen LogP contribution in [0.1, 0.15) is 65.3 Å². The fourth-order valence-electron chi connectivity index (χ4n) is 3.20. The summed E-state index contributed by atoms with van der Waals surface area (Å²) in [7, 11) is 0. The number of benzene rings is 1. The van der Waals surface area contributed by atoms with Gasteiger partial charge in [0.05, 0.1) is 5.52 Å². The van der Waals surface area contributed by atoms with Gasteiger partial charge >= 0.3 is 0 Å². The summed E-state index contributed by atoms with van der Waals surface area (Å²) >= 11 is 0. The van der Waals surface area contributed by atoms with Crippen molar-refractivity contribution in [3.63, 3.8) is 0 Å². The molecule has 0 aliphatic heterocycles. The second-order valence-electron chi connectivity index (χ2n) is 7.14. The van der Waals surface area contributed by atoms with Gasteiger partial charge in [-0.1, -0.05) is 45.0 Å². The van der Waals surface area contributed by atoms with Crippen molar-refractivity contribution in [3.8, 4) is 0 Å². The van der Waals surface area contributed by atoms with Gasteiger partial charge in [0.2, 0.25) is 5.82 Å². The lowest BCUT2D eigenvalue weighted by atomic mass is 9.98. The Morgan fingerprint density at radius 2 is 1.89 bits per heavy atom. The van der Waals surface area contributed by atoms with E-state index in [-0.39, 0.29) is 29.3 Å². The number of nitrogens with zero attached hydrogens (tertiary/aromatic N) is 2. The van der Waals surface area contributed by atoms with Crippen molar-refractivity contribution in [1.82, 2.24) is 14.7 Å². The van der Waals surface area contributed by atoms with Crippen LogP contribution in [0.3, 0.4) is 0 Å². The maximum atomic E-state index is 13.1. The van der Waals surface area contributed by atoms with Crippen LogP contribution >= 0.6 is 0 Å². The first-order valence-corrected chi connectivity index (χ1v) is 9.60. The molecule has 0 aliphatic carbocycles. The SMILES string of the molecule is CCCNC(=O)c1nc(C(=O)Nc2c(C)cccc2C(C)C)c2ccccn12. The average Bonchev–Trinajstić information content (AvgIpc) is 3.07. The highest BCUT2D eigenvalue weighted by Crippen LogP contribution is 2.28. The van der Waals surface area contributed by atoms with E-state index in [1.54, 1.807) is 16.7 Å². The Hall–Kier alpha value is -3.15. The topological polar surface area (TPSA) is 75.5 Å². The number of hydrogen-bond acceptors (Lipinski definition) is 3. The third kappa shape index (κ3) is 3.76. The number of nitrogens with one attached hydrogen (secondary N) is 2. The summed E-state index contributed by atoms with van der Waals surface area (Å²) in [5, 5.41) is 5.84. The molecule has 0 bridgehead atoms. The van der Waals surface area contributed by atoms with Crippen molar-refractivity contribution in [2.24, 2.45) is 0 Å². The smallest absolute Gasteiger partial charge is 0.287 e. The summed E-state index contributed by atoms with van der Waals surface area (Å²) in [4.78, 5) is 30.0. The van der Waals surface area contributed by atoms with Gasteiger partial charge in [-0.2, -0.15) is 0 Å². The van der Waals surface area contributed by atoms with Crippen LogP contribution in [0.5, 0.6) is 0 Å². The fourth-order valence-corrected chi connectivity index (χ4v) is 3.20. The summed E-state index contributed by atoms with van der Waals surface area (Å²) in [6, 6.07) is 11.4. The quantitative estimate of drug-likeness (QED) is 0.676. The number of fused-ring (bicyclic) bond motifs is 1. The van der Waals surface area contributed by atoms with E-state index < -0.39 is 0 Å². The molecule has 0 aliphatic rings. The van der Waals surface area contributed by atoms with Gasteiger partial charge in [-0.15, -0.1) is 0 Å². The maximum absolute atomic E-state index is 13.1. The lowest BCUT2D eigenvalue weighted by molar-refractivity contribution is 0.0942. The van der Waals surface area contributed by atoms with Crippen molar-refractivity contribution >= 4 is 23.0 Å². The molecule has 6 nitrogen and oxygen atoms in total. The van der Waals surface area contributed by atoms with Crippen molar-refractivity contribution in [1.29, 1.82) is 0 Å². The predicted octanol–water partition coefficient (Wildman–Crippen LogP) is 4.16. The molecule has 3 rings (SSSR count). The van der Waals surface area contributed by atoms with E-state index in [1.165, 1.54) is 0 Å². The van der Waals surface area contributed by atoms with E-state index in [4.69, 9.17) is 0 Å². The third-order valence-corrected chi connectivity index (χ3v) is 4.67. The van der Waals surface area contributed by atoms with Crippen LogP contribution in [-0.2, 0) is 0 Å². The summed E-state index contributed by atoms with van der Waals surface area (Å²) in [5.74, 6) is -0.136. The number of para-hydroxylation sites is 1. The Balaban J connectivity index is 2.01. The normalized spacial score (nSPS) is 11.0. The summed E-state index contributed by atoms with van der Waals surface area (Å²) < 4.78 is 1.65. The Labute approximate surface area is 165 Å². The molecule has 2 aromatic heterocycles. The molecular formula is C22H26N4O2. The minimum atomic E-state index is -0.325. The number of aromatic nitrogens is 2. The first kappa shape index (κ1) is 19.6. The van der Waals surface area contributed by atoms with E-state index in [0.29, 0.717) is 12.1 Å². The number of carbonyl (C=O) groups excluding carboxylic acids is 2. The van der Waals surface area contributed by atoms with E-state index in [0.717, 1.165) is 23.2 Å². The summed E-state index contributed by atoms with van der Waals surface area (Å²) in [6.07, 6.45) is 2.57. The molecule has 0 fully saturated rings. The molecule has 0 unspecified atom stereocenters. The van der Waals surface area contributed by atoms with Gasteiger partial charge < -0.3 is 10.6 Å². The Kier molecular flexibility index (Phi) is 5.78. The van der Waals surface area contributed by atoms with Crippen LogP contribution in [0, 0.1) is 6.92 Å². The van der Waals surface area contributed by atoms with Crippen LogP contribution in [0.4, 0.5) is 5.69 Å². The molecule has 2 amide bonds. The molecule has 146 valence electrons. The molecule has 2 N–H and O–H groups in total. The second-order valence-corrected chi connectivity index (χ2v) is 7.14. The molecule has 0 spiro atoms. The monoisotopic (exact) mass is 378 g/mol. The van der Waals surface area contributed by atoms with Crippen molar-refractivity contribution < 1.29 is 9.59 Å². The first-order chi connectivity index (χ1) is 13.4. The van der Waals surface area contributed by atoms with Crippen LogP contribution < -0.4 is 10.6 Å². The zero-order valence-electron chi connectivity index (χ0n) is 16.7. The lowest BCUT2D eigenvalue weighted by Gasteiger charge is -2.16. The molecule has 3 aromatic rings. The summed E-state index contributed by atoms with van der Waals surface area (Å²) in [5.41, 5.74) is 3.69. The predicted molar refractivity (Wildman–Crippen MR) is 111 cm³/mol. The van der Waals surface area contributed by atoms with Gasteiger partial charge in [-0.3, -0.25) is 14.0 Å². The number of imidazole rings is 1. The molecule has 0 atom stereocenters. The van der Waals surface area contributed by atoms with E-state index in [9.17, 15) is 9.59 Å². The number of carbonyl (C=O) groups is 2. The van der Waals surface area contributed by atoms with Gasteiger partial charge in [0, 0.05) is 18.4 Å². The Morgan fingerprint density at radius 3 is 2.61 bits per heavy atom. The van der Waals surface area contributed by atoms with Gasteiger partial charge in [0.1, 0.15) is 0 Å². The maximum Gasteiger partial charge on any atom is 0.287 e. The molecule has 0 radical (unpaired) electrons. The number of amides is 2. The third-order valence-electron chi connectivity index (χ3n) is 4.67. The fraction of sp³-hybridized carbons (Fsp3) is 0.318. The van der Waals surface area contributed by atoms with Gasteiger partial charge in [0.15, 0.2) is 5.69 Å². The Bertz CT molecular complexity index is 1020. The van der Waals surface area contributed by atoms with Gasteiger partial charge in [-0.25, -0.2) is 4.98 Å². The molecule has 28 heavy (non-hydrogen) atoms. The minimum Gasteiger partial charge on any atom is -0.349 e. The zero-order chi connectivity index (χ0) is 20.3. The Morgan fingerprint density at radius 1 is 1.11 bits per heavy atom. The minimum absolute atomic E-state index is 0.211. The number of pyridine rings is 1. The molecule has 6 heteroatoms. The number of aryl methyl sites for hydroxylation is 1. The molecule has 1 aromatic carbocycles. The highest BCUT2D eigenvalue weighted by Gasteiger charge is 2.22. The molecule has 2 heterocycles. The highest BCUT2D eigenvalue weighted by atomic mass is 16.2. The average molecular weight is 378 g/mol. The van der Waals surface area contributed by atoms with Crippen LogP contribution in [0.2, 0.25) is 0 Å². The van der Waals surface area contributed by atoms with Crippen molar-refractivity contribution in [2.75, 3.05) is 11.9 Å². The largest absolute Gasteiger partial charge is 0.349 e. The molecular weight excluding hydrogens is 352 g/mol. The number of anilines is 1. The summed E-state index contributed by atoms with van der Waals surface area (Å²) in [6.45, 7) is 8.69. The highest BCUT2D eigenvalue weighted by molar-refractivity contribution is 6.09. The number of rotatable bonds is 6. The van der Waals surface area contributed by atoms with Crippen LogP contribution in [-0.4, -0.2) is 27.7 Å².